The van der Waals surface area contributed by atoms with Crippen LogP contribution >= 0.6 is 11.3 Å². The van der Waals surface area contributed by atoms with Gasteiger partial charge in [-0.1, -0.05) is 44.2 Å². The van der Waals surface area contributed by atoms with E-state index in [0.29, 0.717) is 5.92 Å². The predicted molar refractivity (Wildman–Crippen MR) is 83.7 cm³/mol. The van der Waals surface area contributed by atoms with Gasteiger partial charge >= 0.3 is 0 Å². The third-order valence-corrected chi connectivity index (χ3v) is 3.96. The lowest BCUT2D eigenvalue weighted by Gasteiger charge is -2.07. The minimum absolute atomic E-state index is 0.705. The van der Waals surface area contributed by atoms with E-state index in [1.165, 1.54) is 10.4 Å². The summed E-state index contributed by atoms with van der Waals surface area (Å²) in [4.78, 5) is 6.07. The fourth-order valence-electron chi connectivity index (χ4n) is 2.05. The largest absolute Gasteiger partial charge is 0.316 e. The number of rotatable bonds is 6. The molecule has 0 radical (unpaired) electrons. The first-order chi connectivity index (χ1) is 9.16. The van der Waals surface area contributed by atoms with Gasteiger partial charge in [0.1, 0.15) is 0 Å². The standard InChI is InChI=1S/C16H22N2S/c1-12(2)11-17-10-9-15-16(18-13(3)19-15)14-7-5-4-6-8-14/h4-8,12,17H,9-11H2,1-3H3. The topological polar surface area (TPSA) is 24.9 Å². The van der Waals surface area contributed by atoms with Gasteiger partial charge in [-0.3, -0.25) is 0 Å². The summed E-state index contributed by atoms with van der Waals surface area (Å²) in [5, 5.41) is 4.65. The smallest absolute Gasteiger partial charge is 0.0904 e. The molecule has 0 aliphatic heterocycles. The van der Waals surface area contributed by atoms with Crippen molar-refractivity contribution in [2.24, 2.45) is 5.92 Å². The van der Waals surface area contributed by atoms with Crippen LogP contribution in [0.4, 0.5) is 0 Å². The number of nitrogens with zero attached hydrogens (tertiary/aromatic N) is 1. The number of thiazole rings is 1. The number of benzene rings is 1. The Morgan fingerprint density at radius 2 is 1.95 bits per heavy atom. The molecular weight excluding hydrogens is 252 g/mol. The van der Waals surface area contributed by atoms with Gasteiger partial charge in [0.2, 0.25) is 0 Å². The highest BCUT2D eigenvalue weighted by Gasteiger charge is 2.10. The van der Waals surface area contributed by atoms with Crippen LogP contribution in [-0.4, -0.2) is 18.1 Å². The summed E-state index contributed by atoms with van der Waals surface area (Å²) < 4.78 is 0. The molecule has 2 rings (SSSR count). The van der Waals surface area contributed by atoms with Crippen LogP contribution in [0.3, 0.4) is 0 Å². The molecule has 1 aromatic carbocycles. The van der Waals surface area contributed by atoms with E-state index in [1.54, 1.807) is 0 Å². The number of aryl methyl sites for hydroxylation is 1. The molecule has 0 bridgehead atoms. The molecule has 1 heterocycles. The van der Waals surface area contributed by atoms with E-state index in [4.69, 9.17) is 0 Å². The van der Waals surface area contributed by atoms with Gasteiger partial charge in [-0.15, -0.1) is 11.3 Å². The molecule has 0 unspecified atom stereocenters. The summed E-state index contributed by atoms with van der Waals surface area (Å²) in [7, 11) is 0. The molecule has 2 aromatic rings. The van der Waals surface area contributed by atoms with Crippen molar-refractivity contribution in [3.63, 3.8) is 0 Å². The number of hydrogen-bond donors (Lipinski definition) is 1. The minimum Gasteiger partial charge on any atom is -0.316 e. The Hall–Kier alpha value is -1.19. The fourth-order valence-corrected chi connectivity index (χ4v) is 3.01. The molecule has 19 heavy (non-hydrogen) atoms. The Balaban J connectivity index is 2.05. The zero-order chi connectivity index (χ0) is 13.7. The van der Waals surface area contributed by atoms with Crippen molar-refractivity contribution in [3.05, 3.63) is 40.2 Å². The molecule has 0 atom stereocenters. The van der Waals surface area contributed by atoms with E-state index in [-0.39, 0.29) is 0 Å². The van der Waals surface area contributed by atoms with Crippen LogP contribution < -0.4 is 5.32 Å². The van der Waals surface area contributed by atoms with Crippen molar-refractivity contribution < 1.29 is 0 Å². The summed E-state index contributed by atoms with van der Waals surface area (Å²) in [6, 6.07) is 10.5. The van der Waals surface area contributed by atoms with Crippen molar-refractivity contribution >= 4 is 11.3 Å². The zero-order valence-corrected chi connectivity index (χ0v) is 12.8. The SMILES string of the molecule is Cc1nc(-c2ccccc2)c(CCNCC(C)C)s1. The third-order valence-electron chi connectivity index (χ3n) is 2.93. The molecule has 1 aromatic heterocycles. The second-order valence-corrected chi connectivity index (χ2v) is 6.51. The van der Waals surface area contributed by atoms with Crippen LogP contribution in [0.1, 0.15) is 23.7 Å². The minimum atomic E-state index is 0.705. The van der Waals surface area contributed by atoms with Crippen molar-refractivity contribution in [1.82, 2.24) is 10.3 Å². The third kappa shape index (κ3) is 4.15. The van der Waals surface area contributed by atoms with Crippen molar-refractivity contribution in [2.75, 3.05) is 13.1 Å². The maximum Gasteiger partial charge on any atom is 0.0904 e. The summed E-state index contributed by atoms with van der Waals surface area (Å²) in [5.41, 5.74) is 2.39. The van der Waals surface area contributed by atoms with Gasteiger partial charge in [0.25, 0.3) is 0 Å². The summed E-state index contributed by atoms with van der Waals surface area (Å²) in [6.45, 7) is 8.67. The van der Waals surface area contributed by atoms with Gasteiger partial charge in [0.15, 0.2) is 0 Å². The van der Waals surface area contributed by atoms with E-state index >= 15 is 0 Å². The van der Waals surface area contributed by atoms with Crippen LogP contribution in [-0.2, 0) is 6.42 Å². The second-order valence-electron chi connectivity index (χ2n) is 5.22. The monoisotopic (exact) mass is 274 g/mol. The lowest BCUT2D eigenvalue weighted by Crippen LogP contribution is -2.22. The van der Waals surface area contributed by atoms with E-state index < -0.39 is 0 Å². The van der Waals surface area contributed by atoms with Gasteiger partial charge in [-0.25, -0.2) is 4.98 Å². The Kier molecular flexibility index (Phi) is 5.11. The number of aromatic nitrogens is 1. The van der Waals surface area contributed by atoms with Crippen LogP contribution in [0.25, 0.3) is 11.3 Å². The molecule has 0 aliphatic carbocycles. The van der Waals surface area contributed by atoms with Crippen LogP contribution in [0.15, 0.2) is 30.3 Å². The molecule has 0 fully saturated rings. The van der Waals surface area contributed by atoms with E-state index in [0.717, 1.165) is 30.2 Å². The molecule has 0 saturated heterocycles. The van der Waals surface area contributed by atoms with E-state index in [9.17, 15) is 0 Å². The Bertz CT molecular complexity index is 503. The predicted octanol–water partition coefficient (Wildman–Crippen LogP) is 3.91. The number of nitrogens with one attached hydrogen (secondary N) is 1. The molecular formula is C16H22N2S. The molecule has 102 valence electrons. The van der Waals surface area contributed by atoms with Gasteiger partial charge in [-0.05, 0) is 25.8 Å². The lowest BCUT2D eigenvalue weighted by atomic mass is 10.1. The number of hydrogen-bond acceptors (Lipinski definition) is 3. The zero-order valence-electron chi connectivity index (χ0n) is 11.9. The maximum atomic E-state index is 4.69. The highest BCUT2D eigenvalue weighted by atomic mass is 32.1. The average Bonchev–Trinajstić information content (AvgIpc) is 2.77. The molecule has 0 saturated carbocycles. The van der Waals surface area contributed by atoms with Crippen molar-refractivity contribution in [3.8, 4) is 11.3 Å². The van der Waals surface area contributed by atoms with Crippen LogP contribution in [0.5, 0.6) is 0 Å². The van der Waals surface area contributed by atoms with E-state index in [1.807, 2.05) is 17.4 Å². The molecule has 1 N–H and O–H groups in total. The fraction of sp³-hybridized carbons (Fsp3) is 0.438. The van der Waals surface area contributed by atoms with Crippen LogP contribution in [0, 0.1) is 12.8 Å². The Morgan fingerprint density at radius 1 is 1.21 bits per heavy atom. The van der Waals surface area contributed by atoms with Crippen molar-refractivity contribution in [2.45, 2.75) is 27.2 Å². The lowest BCUT2D eigenvalue weighted by molar-refractivity contribution is 0.555. The quantitative estimate of drug-likeness (QED) is 0.808. The highest BCUT2D eigenvalue weighted by Crippen LogP contribution is 2.28. The molecule has 0 aliphatic rings. The first-order valence-corrected chi connectivity index (χ1v) is 7.71. The van der Waals surface area contributed by atoms with Crippen molar-refractivity contribution in [1.29, 1.82) is 0 Å². The van der Waals surface area contributed by atoms with Crippen LogP contribution in [0.2, 0.25) is 0 Å². The van der Waals surface area contributed by atoms with Gasteiger partial charge < -0.3 is 5.32 Å². The maximum absolute atomic E-state index is 4.69. The molecule has 3 heteroatoms. The Morgan fingerprint density at radius 3 is 2.63 bits per heavy atom. The van der Waals surface area contributed by atoms with Gasteiger partial charge in [0, 0.05) is 17.0 Å². The molecule has 0 spiro atoms. The first-order valence-electron chi connectivity index (χ1n) is 6.89. The average molecular weight is 274 g/mol. The normalized spacial score (nSPS) is 11.2. The second kappa shape index (κ2) is 6.83. The summed E-state index contributed by atoms with van der Waals surface area (Å²) in [6.07, 6.45) is 1.06. The van der Waals surface area contributed by atoms with E-state index in [2.05, 4.69) is 55.3 Å². The first kappa shape index (κ1) is 14.2. The molecule has 0 amide bonds. The highest BCUT2D eigenvalue weighted by molar-refractivity contribution is 7.12. The van der Waals surface area contributed by atoms with Gasteiger partial charge in [-0.2, -0.15) is 0 Å². The Labute approximate surface area is 119 Å². The molecule has 2 nitrogen and oxygen atoms in total. The summed E-state index contributed by atoms with van der Waals surface area (Å²) in [5.74, 6) is 0.705. The summed E-state index contributed by atoms with van der Waals surface area (Å²) >= 11 is 1.82. The van der Waals surface area contributed by atoms with Gasteiger partial charge in [0.05, 0.1) is 10.7 Å².